The number of piperidine rings is 1. The van der Waals surface area contributed by atoms with E-state index in [-0.39, 0.29) is 23.7 Å². The van der Waals surface area contributed by atoms with Crippen LogP contribution in [0.1, 0.15) is 37.0 Å². The molecule has 0 bridgehead atoms. The molecule has 126 valence electrons. The third-order valence-corrected chi connectivity index (χ3v) is 4.24. The molecule has 0 unspecified atom stereocenters. The quantitative estimate of drug-likeness (QED) is 0.892. The smallest absolute Gasteiger partial charge is 0.319 e. The number of carbonyl (C=O) groups is 2. The van der Waals surface area contributed by atoms with Crippen LogP contribution in [0, 0.1) is 0 Å². The molecule has 1 aliphatic rings. The van der Waals surface area contributed by atoms with Crippen molar-refractivity contribution in [2.24, 2.45) is 0 Å². The van der Waals surface area contributed by atoms with Gasteiger partial charge in [0.15, 0.2) is 0 Å². The molecule has 6 heteroatoms. The first-order valence-electron chi connectivity index (χ1n) is 8.18. The first-order valence-corrected chi connectivity index (χ1v) is 8.18. The van der Waals surface area contributed by atoms with Crippen molar-refractivity contribution in [3.8, 4) is 5.75 Å². The van der Waals surface area contributed by atoms with Gasteiger partial charge in [-0.25, -0.2) is 4.79 Å². The highest BCUT2D eigenvalue weighted by atomic mass is 16.3. The molecule has 1 aliphatic heterocycles. The number of aromatic hydroxyl groups is 1. The molecule has 1 aromatic rings. The molecule has 1 heterocycles. The minimum atomic E-state index is -0.186. The molecule has 0 aromatic heterocycles. The lowest BCUT2D eigenvalue weighted by molar-refractivity contribution is 0.0911. The lowest BCUT2D eigenvalue weighted by atomic mass is 10.0. The summed E-state index contributed by atoms with van der Waals surface area (Å²) in [4.78, 5) is 28.1. The zero-order valence-corrected chi connectivity index (χ0v) is 13.8. The van der Waals surface area contributed by atoms with Crippen molar-refractivity contribution in [3.63, 3.8) is 0 Å². The van der Waals surface area contributed by atoms with Crippen LogP contribution >= 0.6 is 0 Å². The van der Waals surface area contributed by atoms with Crippen LogP contribution in [0.25, 0.3) is 0 Å². The molecule has 3 amide bonds. The average molecular weight is 319 g/mol. The predicted molar refractivity (Wildman–Crippen MR) is 88.5 cm³/mol. The Hall–Kier alpha value is -2.24. The normalized spacial score (nSPS) is 15.3. The highest BCUT2D eigenvalue weighted by molar-refractivity contribution is 5.94. The Bertz CT molecular complexity index is 550. The Morgan fingerprint density at radius 1 is 1.26 bits per heavy atom. The molecule has 23 heavy (non-hydrogen) atoms. The number of likely N-dealkylation sites (tertiary alicyclic amines) is 1. The molecule has 6 nitrogen and oxygen atoms in total. The zero-order chi connectivity index (χ0) is 16.8. The van der Waals surface area contributed by atoms with Crippen LogP contribution < -0.4 is 5.32 Å². The Morgan fingerprint density at radius 3 is 2.48 bits per heavy atom. The maximum atomic E-state index is 12.3. The molecule has 2 N–H and O–H groups in total. The van der Waals surface area contributed by atoms with Gasteiger partial charge in [0.25, 0.3) is 5.91 Å². The van der Waals surface area contributed by atoms with Crippen molar-refractivity contribution in [3.05, 3.63) is 29.8 Å². The lowest BCUT2D eigenvalue weighted by Gasteiger charge is -2.35. The van der Waals surface area contributed by atoms with E-state index in [4.69, 9.17) is 0 Å². The lowest BCUT2D eigenvalue weighted by Crippen LogP contribution is -2.50. The molecule has 0 radical (unpaired) electrons. The van der Waals surface area contributed by atoms with E-state index in [0.29, 0.717) is 31.7 Å². The number of benzene rings is 1. The number of hydrogen-bond donors (Lipinski definition) is 2. The van der Waals surface area contributed by atoms with E-state index in [1.165, 1.54) is 12.1 Å². The fourth-order valence-electron chi connectivity index (χ4n) is 2.83. The summed E-state index contributed by atoms with van der Waals surface area (Å²) in [5, 5.41) is 12.4. The second-order valence-corrected chi connectivity index (χ2v) is 5.74. The molecule has 0 atom stereocenters. The highest BCUT2D eigenvalue weighted by Gasteiger charge is 2.26. The summed E-state index contributed by atoms with van der Waals surface area (Å²) in [5.74, 6) is -0.105. The highest BCUT2D eigenvalue weighted by Crippen LogP contribution is 2.15. The number of phenols is 1. The molecule has 0 aliphatic carbocycles. The molecular weight excluding hydrogens is 294 g/mol. The number of nitrogens with one attached hydrogen (secondary N) is 1. The predicted octanol–water partition coefficient (Wildman–Crippen LogP) is 2.05. The van der Waals surface area contributed by atoms with Crippen molar-refractivity contribution in [1.29, 1.82) is 0 Å². The van der Waals surface area contributed by atoms with Crippen LogP contribution in [0.5, 0.6) is 5.75 Å². The van der Waals surface area contributed by atoms with Crippen LogP contribution in [0.3, 0.4) is 0 Å². The molecule has 1 fully saturated rings. The number of urea groups is 1. The van der Waals surface area contributed by atoms with Gasteiger partial charge in [0.05, 0.1) is 0 Å². The van der Waals surface area contributed by atoms with Gasteiger partial charge < -0.3 is 20.2 Å². The van der Waals surface area contributed by atoms with Gasteiger partial charge >= 0.3 is 6.03 Å². The van der Waals surface area contributed by atoms with Crippen molar-refractivity contribution < 1.29 is 14.7 Å². The maximum Gasteiger partial charge on any atom is 0.319 e. The van der Waals surface area contributed by atoms with Gasteiger partial charge in [-0.05, 0) is 44.9 Å². The van der Waals surface area contributed by atoms with E-state index in [0.717, 1.165) is 12.8 Å². The largest absolute Gasteiger partial charge is 0.508 e. The summed E-state index contributed by atoms with van der Waals surface area (Å²) >= 11 is 0. The Balaban J connectivity index is 1.85. The average Bonchev–Trinajstić information content (AvgIpc) is 2.56. The number of carbonyl (C=O) groups excluding carboxylic acids is 2. The number of amides is 3. The monoisotopic (exact) mass is 319 g/mol. The van der Waals surface area contributed by atoms with Gasteiger partial charge in [-0.15, -0.1) is 0 Å². The third kappa shape index (κ3) is 4.37. The van der Waals surface area contributed by atoms with E-state index in [2.05, 4.69) is 5.32 Å². The van der Waals surface area contributed by atoms with Crippen molar-refractivity contribution in [2.45, 2.75) is 32.7 Å². The second kappa shape index (κ2) is 7.85. The molecule has 0 spiro atoms. The Morgan fingerprint density at radius 2 is 1.91 bits per heavy atom. The Labute approximate surface area is 137 Å². The first-order chi connectivity index (χ1) is 11.0. The van der Waals surface area contributed by atoms with Gasteiger partial charge in [0, 0.05) is 37.8 Å². The van der Waals surface area contributed by atoms with Crippen molar-refractivity contribution in [2.75, 3.05) is 26.2 Å². The van der Waals surface area contributed by atoms with E-state index in [9.17, 15) is 14.7 Å². The van der Waals surface area contributed by atoms with Crippen molar-refractivity contribution >= 4 is 11.9 Å². The third-order valence-electron chi connectivity index (χ3n) is 4.24. The summed E-state index contributed by atoms with van der Waals surface area (Å²) in [6.45, 7) is 6.68. The van der Waals surface area contributed by atoms with Crippen LogP contribution in [0.15, 0.2) is 24.3 Å². The summed E-state index contributed by atoms with van der Waals surface area (Å²) in [7, 11) is 0. The van der Waals surface area contributed by atoms with Crippen LogP contribution in [-0.4, -0.2) is 59.1 Å². The number of nitrogens with zero attached hydrogens (tertiary/aromatic N) is 2. The minimum Gasteiger partial charge on any atom is -0.508 e. The maximum absolute atomic E-state index is 12.3. The zero-order valence-electron chi connectivity index (χ0n) is 13.8. The van der Waals surface area contributed by atoms with Crippen LogP contribution in [-0.2, 0) is 0 Å². The van der Waals surface area contributed by atoms with E-state index in [1.54, 1.807) is 12.1 Å². The standard InChI is InChI=1S/C17H25N3O3/c1-3-19(4-2)17(23)20-10-8-14(9-11-20)18-16(22)13-6-5-7-15(21)12-13/h5-7,12,14,21H,3-4,8-11H2,1-2H3,(H,18,22). The van der Waals surface area contributed by atoms with Gasteiger partial charge in [0.1, 0.15) is 5.75 Å². The van der Waals surface area contributed by atoms with Gasteiger partial charge in [0.2, 0.25) is 0 Å². The molecule has 1 aromatic carbocycles. The number of phenolic OH excluding ortho intramolecular Hbond substituents is 1. The van der Waals surface area contributed by atoms with Gasteiger partial charge in [-0.2, -0.15) is 0 Å². The first kappa shape index (κ1) is 17.1. The molecule has 0 saturated carbocycles. The number of hydrogen-bond acceptors (Lipinski definition) is 3. The van der Waals surface area contributed by atoms with Crippen molar-refractivity contribution in [1.82, 2.24) is 15.1 Å². The SMILES string of the molecule is CCN(CC)C(=O)N1CCC(NC(=O)c2cccc(O)c2)CC1. The number of rotatable bonds is 4. The second-order valence-electron chi connectivity index (χ2n) is 5.74. The van der Waals surface area contributed by atoms with E-state index in [1.807, 2.05) is 23.6 Å². The van der Waals surface area contributed by atoms with Gasteiger partial charge in [-0.3, -0.25) is 4.79 Å². The summed E-state index contributed by atoms with van der Waals surface area (Å²) in [5.41, 5.74) is 0.451. The molecule has 2 rings (SSSR count). The van der Waals surface area contributed by atoms with Crippen LogP contribution in [0.2, 0.25) is 0 Å². The van der Waals surface area contributed by atoms with Crippen LogP contribution in [0.4, 0.5) is 4.79 Å². The topological polar surface area (TPSA) is 72.9 Å². The molecular formula is C17H25N3O3. The summed E-state index contributed by atoms with van der Waals surface area (Å²) < 4.78 is 0. The fourth-order valence-corrected chi connectivity index (χ4v) is 2.83. The molecule has 1 saturated heterocycles. The summed E-state index contributed by atoms with van der Waals surface area (Å²) in [6.07, 6.45) is 1.50. The van der Waals surface area contributed by atoms with Gasteiger partial charge in [-0.1, -0.05) is 6.07 Å². The summed E-state index contributed by atoms with van der Waals surface area (Å²) in [6, 6.07) is 6.45. The Kier molecular flexibility index (Phi) is 5.84. The minimum absolute atomic E-state index is 0.0607. The van der Waals surface area contributed by atoms with E-state index < -0.39 is 0 Å². The van der Waals surface area contributed by atoms with E-state index >= 15 is 0 Å². The fraction of sp³-hybridized carbons (Fsp3) is 0.529.